The zero-order valence-corrected chi connectivity index (χ0v) is 43.8. The molecule has 4 nitrogen and oxygen atoms in total. The Morgan fingerprint density at radius 2 is 0.641 bits per heavy atom. The molecule has 0 fully saturated rings. The van der Waals surface area contributed by atoms with Gasteiger partial charge in [0.05, 0.1) is 18.8 Å². The normalized spacial score (nSPS) is 12.9. The predicted molar refractivity (Wildman–Crippen MR) is 286 cm³/mol. The average molecular weight is 901 g/mol. The van der Waals surface area contributed by atoms with Crippen LogP contribution >= 0.6 is 0 Å². The fraction of sp³-hybridized carbons (Fsp3) is 0.917. The van der Waals surface area contributed by atoms with E-state index in [4.69, 9.17) is 0 Å². The van der Waals surface area contributed by atoms with E-state index in [1.54, 1.807) is 0 Å². The van der Waals surface area contributed by atoms with Crippen molar-refractivity contribution in [2.45, 2.75) is 347 Å². The third kappa shape index (κ3) is 51.8. The van der Waals surface area contributed by atoms with Crippen LogP contribution in [0.2, 0.25) is 0 Å². The molecule has 0 spiro atoms. The lowest BCUT2D eigenvalue weighted by Gasteiger charge is -2.22. The number of carbonyl (C=O) groups excluding carboxylic acids is 1. The van der Waals surface area contributed by atoms with Crippen molar-refractivity contribution in [1.82, 2.24) is 5.32 Å². The molecule has 0 aromatic carbocycles. The first-order valence-corrected chi connectivity index (χ1v) is 29.5. The van der Waals surface area contributed by atoms with Gasteiger partial charge < -0.3 is 15.5 Å². The molecule has 0 aliphatic carbocycles. The van der Waals surface area contributed by atoms with E-state index in [2.05, 4.69) is 43.5 Å². The number of aliphatic hydroxyl groups excluding tert-OH is 2. The molecule has 2 atom stereocenters. The quantitative estimate of drug-likeness (QED) is 0.0421. The van der Waals surface area contributed by atoms with Crippen molar-refractivity contribution in [2.75, 3.05) is 6.61 Å². The molecular formula is C60H117NO3. The zero-order valence-electron chi connectivity index (χ0n) is 43.8. The summed E-state index contributed by atoms with van der Waals surface area (Å²) in [5, 5.41) is 23.4. The van der Waals surface area contributed by atoms with Crippen LogP contribution in [-0.4, -0.2) is 34.9 Å². The summed E-state index contributed by atoms with van der Waals surface area (Å²) in [5.74, 6) is -0.0256. The summed E-state index contributed by atoms with van der Waals surface area (Å²) in [6, 6.07) is -0.535. The van der Waals surface area contributed by atoms with Gasteiger partial charge in [-0.3, -0.25) is 4.79 Å². The highest BCUT2D eigenvalue weighted by Gasteiger charge is 2.20. The Balaban J connectivity index is 3.42. The van der Waals surface area contributed by atoms with Crippen molar-refractivity contribution in [2.24, 2.45) is 0 Å². The van der Waals surface area contributed by atoms with Crippen molar-refractivity contribution in [3.63, 3.8) is 0 Å². The van der Waals surface area contributed by atoms with Gasteiger partial charge in [0.2, 0.25) is 5.91 Å². The topological polar surface area (TPSA) is 69.6 Å². The first kappa shape index (κ1) is 62.9. The minimum absolute atomic E-state index is 0.0256. The molecule has 0 bridgehead atoms. The van der Waals surface area contributed by atoms with E-state index in [1.165, 1.54) is 276 Å². The molecule has 0 aliphatic heterocycles. The molecule has 2 unspecified atom stereocenters. The van der Waals surface area contributed by atoms with E-state index in [0.29, 0.717) is 12.8 Å². The lowest BCUT2D eigenvalue weighted by molar-refractivity contribution is -0.123. The van der Waals surface area contributed by atoms with Gasteiger partial charge >= 0.3 is 0 Å². The third-order valence-electron chi connectivity index (χ3n) is 14.0. The van der Waals surface area contributed by atoms with Crippen LogP contribution in [0.1, 0.15) is 335 Å². The van der Waals surface area contributed by atoms with Crippen LogP contribution in [0, 0.1) is 0 Å². The third-order valence-corrected chi connectivity index (χ3v) is 14.0. The van der Waals surface area contributed by atoms with Gasteiger partial charge in [0.25, 0.3) is 0 Å². The molecule has 0 heterocycles. The number of unbranched alkanes of at least 4 members (excludes halogenated alkanes) is 44. The van der Waals surface area contributed by atoms with Gasteiger partial charge in [-0.2, -0.15) is 0 Å². The van der Waals surface area contributed by atoms with E-state index in [0.717, 1.165) is 32.1 Å². The summed E-state index contributed by atoms with van der Waals surface area (Å²) < 4.78 is 0. The Kier molecular flexibility index (Phi) is 55.2. The van der Waals surface area contributed by atoms with Crippen molar-refractivity contribution in [3.8, 4) is 0 Å². The lowest BCUT2D eigenvalue weighted by atomic mass is 10.0. The van der Waals surface area contributed by atoms with Crippen LogP contribution in [0.15, 0.2) is 24.3 Å². The van der Waals surface area contributed by atoms with Crippen LogP contribution in [0.25, 0.3) is 0 Å². The smallest absolute Gasteiger partial charge is 0.220 e. The van der Waals surface area contributed by atoms with Crippen molar-refractivity contribution in [1.29, 1.82) is 0 Å². The summed E-state index contributed by atoms with van der Waals surface area (Å²) in [6.45, 7) is 4.40. The highest BCUT2D eigenvalue weighted by Crippen LogP contribution is 2.18. The average Bonchev–Trinajstić information content (AvgIpc) is 3.30. The van der Waals surface area contributed by atoms with E-state index in [-0.39, 0.29) is 12.5 Å². The SMILES string of the molecule is CCCCCCCCCCC/C=C\C/C=C\CCCCCCCCCCCCCCCCCC(=O)NC(CO)C(O)CCCCCCCCCCCCCCCCCCCCCCC. The maximum Gasteiger partial charge on any atom is 0.220 e. The zero-order chi connectivity index (χ0) is 46.3. The van der Waals surface area contributed by atoms with Crippen molar-refractivity contribution in [3.05, 3.63) is 24.3 Å². The summed E-state index contributed by atoms with van der Waals surface area (Å²) in [5.41, 5.74) is 0. The number of hydrogen-bond donors (Lipinski definition) is 3. The van der Waals surface area contributed by atoms with E-state index >= 15 is 0 Å². The highest BCUT2D eigenvalue weighted by atomic mass is 16.3. The van der Waals surface area contributed by atoms with Crippen LogP contribution in [0.5, 0.6) is 0 Å². The summed E-state index contributed by atoms with van der Waals surface area (Å²) in [7, 11) is 0. The van der Waals surface area contributed by atoms with Gasteiger partial charge in [-0.15, -0.1) is 0 Å². The second-order valence-corrected chi connectivity index (χ2v) is 20.4. The van der Waals surface area contributed by atoms with E-state index < -0.39 is 12.1 Å². The number of allylic oxidation sites excluding steroid dienone is 4. The minimum Gasteiger partial charge on any atom is -0.394 e. The van der Waals surface area contributed by atoms with Crippen molar-refractivity contribution < 1.29 is 15.0 Å². The predicted octanol–water partition coefficient (Wildman–Crippen LogP) is 19.5. The standard InChI is InChI=1S/C60H117NO3/c1-3-5-7-9-11-13-15-17-19-21-23-25-26-27-28-29-30-31-32-33-34-36-38-40-42-44-46-48-50-52-54-56-60(64)61-58(57-62)59(63)55-53-51-49-47-45-43-41-39-37-35-24-22-20-18-16-14-12-10-8-6-4-2/h23,25,27-28,58-59,62-63H,3-22,24,26,29-57H2,1-2H3,(H,61,64)/b25-23-,28-27-. The largest absolute Gasteiger partial charge is 0.394 e. The highest BCUT2D eigenvalue weighted by molar-refractivity contribution is 5.76. The second-order valence-electron chi connectivity index (χ2n) is 20.4. The first-order valence-electron chi connectivity index (χ1n) is 29.5. The monoisotopic (exact) mass is 900 g/mol. The van der Waals surface area contributed by atoms with Crippen LogP contribution < -0.4 is 5.32 Å². The number of amides is 1. The molecule has 1 amide bonds. The van der Waals surface area contributed by atoms with Gasteiger partial charge in [0, 0.05) is 6.42 Å². The van der Waals surface area contributed by atoms with Gasteiger partial charge in [-0.05, 0) is 44.9 Å². The molecule has 4 heteroatoms. The summed E-state index contributed by atoms with van der Waals surface area (Å²) in [4.78, 5) is 12.5. The summed E-state index contributed by atoms with van der Waals surface area (Å²) >= 11 is 0. The molecule has 0 aromatic heterocycles. The molecule has 64 heavy (non-hydrogen) atoms. The van der Waals surface area contributed by atoms with Gasteiger partial charge in [-0.1, -0.05) is 308 Å². The van der Waals surface area contributed by atoms with Gasteiger partial charge in [0.15, 0.2) is 0 Å². The van der Waals surface area contributed by atoms with E-state index in [1.807, 2.05) is 0 Å². The number of carbonyl (C=O) groups is 1. The molecule has 0 aliphatic rings. The minimum atomic E-state index is -0.659. The molecular weight excluding hydrogens is 783 g/mol. The van der Waals surface area contributed by atoms with Crippen molar-refractivity contribution >= 4 is 5.91 Å². The molecule has 0 rings (SSSR count). The number of rotatable bonds is 55. The van der Waals surface area contributed by atoms with Gasteiger partial charge in [0.1, 0.15) is 0 Å². The van der Waals surface area contributed by atoms with Crippen LogP contribution in [0.4, 0.5) is 0 Å². The fourth-order valence-electron chi connectivity index (χ4n) is 9.45. The maximum atomic E-state index is 12.5. The molecule has 0 aromatic rings. The lowest BCUT2D eigenvalue weighted by Crippen LogP contribution is -2.45. The van der Waals surface area contributed by atoms with Gasteiger partial charge in [-0.25, -0.2) is 0 Å². The molecule has 380 valence electrons. The Morgan fingerprint density at radius 1 is 0.375 bits per heavy atom. The van der Waals surface area contributed by atoms with Crippen LogP contribution in [0.3, 0.4) is 0 Å². The Morgan fingerprint density at radius 3 is 0.938 bits per heavy atom. The van der Waals surface area contributed by atoms with Crippen LogP contribution in [-0.2, 0) is 4.79 Å². The van der Waals surface area contributed by atoms with E-state index in [9.17, 15) is 15.0 Å². The Labute approximate surface area is 402 Å². The molecule has 3 N–H and O–H groups in total. The summed E-state index contributed by atoms with van der Waals surface area (Å²) in [6.07, 6.45) is 74.6. The molecule has 0 radical (unpaired) electrons. The molecule has 0 saturated carbocycles. The maximum absolute atomic E-state index is 12.5. The Bertz CT molecular complexity index is 932. The second kappa shape index (κ2) is 56.2. The Hall–Kier alpha value is -1.13. The fourth-order valence-corrected chi connectivity index (χ4v) is 9.45. The number of hydrogen-bond acceptors (Lipinski definition) is 3. The number of nitrogens with one attached hydrogen (secondary N) is 1. The number of aliphatic hydroxyl groups is 2. The molecule has 0 saturated heterocycles. The first-order chi connectivity index (χ1) is 31.7.